The first-order valence-electron chi connectivity index (χ1n) is 9.08. The van der Waals surface area contributed by atoms with Crippen LogP contribution in [0.15, 0.2) is 22.3 Å². The topological polar surface area (TPSA) is 0 Å². The van der Waals surface area contributed by atoms with Crippen molar-refractivity contribution in [1.29, 1.82) is 0 Å². The van der Waals surface area contributed by atoms with Gasteiger partial charge in [0.2, 0.25) is 0 Å². The molecule has 2 rings (SSSR count). The van der Waals surface area contributed by atoms with E-state index in [-0.39, 0.29) is 0 Å². The highest BCUT2D eigenvalue weighted by Gasteiger charge is 2.66. The summed E-state index contributed by atoms with van der Waals surface area (Å²) in [5.41, 5.74) is 7.00. The Labute approximate surface area is 141 Å². The molecule has 0 amide bonds. The van der Waals surface area contributed by atoms with Crippen molar-refractivity contribution in [2.24, 2.45) is 0 Å². The van der Waals surface area contributed by atoms with Gasteiger partial charge < -0.3 is 0 Å². The van der Waals surface area contributed by atoms with Gasteiger partial charge in [0.1, 0.15) is 0 Å². The first-order chi connectivity index (χ1) is 9.77. The molecule has 0 radical (unpaired) electrons. The highest BCUT2D eigenvalue weighted by molar-refractivity contribution is 7.45. The Morgan fingerprint density at radius 1 is 0.500 bits per heavy atom. The van der Waals surface area contributed by atoms with Crippen molar-refractivity contribution < 1.29 is 0 Å². The molecule has 0 aliphatic carbocycles. The third-order valence-corrected chi connectivity index (χ3v) is 31.7. The standard InChI is InChI=1S/C20H38Si2/c1-15-11-21(12-16(15)2,19(5,6)7)22(20(8,9)10)13-17(3)18(4)14-22/h11-14H2,1-10H3. The Kier molecular flexibility index (Phi) is 4.32. The second-order valence-corrected chi connectivity index (χ2v) is 25.0. The fourth-order valence-corrected chi connectivity index (χ4v) is 33.0. The number of allylic oxidation sites excluding steroid dienone is 4. The minimum Gasteiger partial charge on any atom is -0.0775 e. The summed E-state index contributed by atoms with van der Waals surface area (Å²) in [7, 11) is -2.75. The molecule has 0 spiro atoms. The van der Waals surface area contributed by atoms with E-state index in [1.807, 2.05) is 0 Å². The van der Waals surface area contributed by atoms with Gasteiger partial charge in [0.25, 0.3) is 0 Å². The molecule has 2 heterocycles. The summed E-state index contributed by atoms with van der Waals surface area (Å²) < 4.78 is 0. The van der Waals surface area contributed by atoms with Gasteiger partial charge in [-0.1, -0.05) is 63.8 Å². The molecule has 126 valence electrons. The van der Waals surface area contributed by atoms with E-state index in [0.717, 1.165) is 0 Å². The lowest BCUT2D eigenvalue weighted by Crippen LogP contribution is -2.69. The van der Waals surface area contributed by atoms with Crippen molar-refractivity contribution in [1.82, 2.24) is 0 Å². The van der Waals surface area contributed by atoms with Gasteiger partial charge in [-0.15, -0.1) is 0 Å². The molecule has 0 aromatic heterocycles. The van der Waals surface area contributed by atoms with Crippen LogP contribution in [0.2, 0.25) is 34.3 Å². The molecule has 0 fully saturated rings. The summed E-state index contributed by atoms with van der Waals surface area (Å²) in [5, 5.41) is 1.05. The average Bonchev–Trinajstić information content (AvgIpc) is 2.79. The normalized spacial score (nSPS) is 25.4. The SMILES string of the molecule is CC1=C(C)C[Si](C(C)(C)C)([Si]2(C(C)(C)C)CC(C)=C(C)C2)C1. The van der Waals surface area contributed by atoms with Gasteiger partial charge >= 0.3 is 0 Å². The molecular formula is C20H38Si2. The Hall–Kier alpha value is -0.0862. The summed E-state index contributed by atoms with van der Waals surface area (Å²) >= 11 is 0. The zero-order chi connectivity index (χ0) is 17.1. The molecule has 0 atom stereocenters. The van der Waals surface area contributed by atoms with Crippen LogP contribution in [0.3, 0.4) is 0 Å². The van der Waals surface area contributed by atoms with Gasteiger partial charge in [0, 0.05) is 0 Å². The van der Waals surface area contributed by atoms with Crippen molar-refractivity contribution in [3.05, 3.63) is 22.3 Å². The van der Waals surface area contributed by atoms with Crippen LogP contribution in [0.1, 0.15) is 69.2 Å². The maximum absolute atomic E-state index is 2.59. The predicted molar refractivity (Wildman–Crippen MR) is 107 cm³/mol. The van der Waals surface area contributed by atoms with Crippen LogP contribution in [0, 0.1) is 0 Å². The van der Waals surface area contributed by atoms with Crippen LogP contribution in [-0.4, -0.2) is 15.2 Å². The second kappa shape index (κ2) is 5.21. The van der Waals surface area contributed by atoms with E-state index >= 15 is 0 Å². The van der Waals surface area contributed by atoms with Gasteiger partial charge in [-0.25, -0.2) is 0 Å². The first kappa shape index (κ1) is 18.3. The summed E-state index contributed by atoms with van der Waals surface area (Å²) in [6.07, 6.45) is 0. The number of rotatable bonds is 1. The Balaban J connectivity index is 2.65. The van der Waals surface area contributed by atoms with E-state index in [1.165, 1.54) is 24.2 Å². The lowest BCUT2D eigenvalue weighted by atomic mass is 10.2. The van der Waals surface area contributed by atoms with E-state index in [4.69, 9.17) is 0 Å². The van der Waals surface area contributed by atoms with E-state index in [0.29, 0.717) is 10.1 Å². The van der Waals surface area contributed by atoms with Crippen LogP contribution in [-0.2, 0) is 0 Å². The van der Waals surface area contributed by atoms with Crippen molar-refractivity contribution in [3.8, 4) is 0 Å². The quantitative estimate of drug-likeness (QED) is 0.349. The molecule has 0 nitrogen and oxygen atoms in total. The monoisotopic (exact) mass is 334 g/mol. The van der Waals surface area contributed by atoms with E-state index < -0.39 is 15.2 Å². The maximum Gasteiger partial charge on any atom is 0.0622 e. The third-order valence-electron chi connectivity index (χ3n) is 7.51. The van der Waals surface area contributed by atoms with Gasteiger partial charge in [-0.2, -0.15) is 0 Å². The molecule has 0 saturated heterocycles. The summed E-state index contributed by atoms with van der Waals surface area (Å²) in [6, 6.07) is 5.97. The smallest absolute Gasteiger partial charge is 0.0622 e. The first-order valence-corrected chi connectivity index (χ1v) is 14.9. The summed E-state index contributed by atoms with van der Waals surface area (Å²) in [5.74, 6) is 0. The molecule has 2 aliphatic rings. The van der Waals surface area contributed by atoms with Gasteiger partial charge in [-0.05, 0) is 61.9 Å². The fraction of sp³-hybridized carbons (Fsp3) is 0.800. The van der Waals surface area contributed by atoms with E-state index in [2.05, 4.69) is 69.2 Å². The summed E-state index contributed by atoms with van der Waals surface area (Å²) in [6.45, 7) is 25.3. The lowest BCUT2D eigenvalue weighted by molar-refractivity contribution is 0.691. The van der Waals surface area contributed by atoms with Gasteiger partial charge in [0.05, 0.1) is 15.2 Å². The number of hydrogen-bond acceptors (Lipinski definition) is 0. The molecule has 22 heavy (non-hydrogen) atoms. The molecule has 0 bridgehead atoms. The predicted octanol–water partition coefficient (Wildman–Crippen LogP) is 7.26. The molecule has 2 heteroatoms. The highest BCUT2D eigenvalue weighted by Crippen LogP contribution is 2.65. The van der Waals surface area contributed by atoms with Crippen LogP contribution in [0.25, 0.3) is 0 Å². The van der Waals surface area contributed by atoms with Gasteiger partial charge in [-0.3, -0.25) is 0 Å². The Morgan fingerprint density at radius 2 is 0.682 bits per heavy atom. The molecule has 0 aromatic carbocycles. The minimum absolute atomic E-state index is 0.524. The van der Waals surface area contributed by atoms with Crippen LogP contribution < -0.4 is 0 Å². The third kappa shape index (κ3) is 2.36. The van der Waals surface area contributed by atoms with Crippen molar-refractivity contribution in [3.63, 3.8) is 0 Å². The molecular weight excluding hydrogens is 296 g/mol. The molecule has 0 aromatic rings. The van der Waals surface area contributed by atoms with Crippen LogP contribution >= 0.6 is 0 Å². The molecule has 0 unspecified atom stereocenters. The average molecular weight is 335 g/mol. The van der Waals surface area contributed by atoms with Crippen molar-refractivity contribution in [2.45, 2.75) is 103 Å². The van der Waals surface area contributed by atoms with Crippen molar-refractivity contribution in [2.75, 3.05) is 0 Å². The van der Waals surface area contributed by atoms with E-state index in [1.54, 1.807) is 22.3 Å². The zero-order valence-electron chi connectivity index (χ0n) is 16.8. The molecule has 0 saturated carbocycles. The summed E-state index contributed by atoms with van der Waals surface area (Å²) in [4.78, 5) is 0. The van der Waals surface area contributed by atoms with Crippen LogP contribution in [0.4, 0.5) is 0 Å². The fourth-order valence-electron chi connectivity index (χ4n) is 5.71. The Bertz CT molecular complexity index is 457. The lowest BCUT2D eigenvalue weighted by Gasteiger charge is -2.59. The molecule has 2 aliphatic heterocycles. The minimum atomic E-state index is -1.37. The van der Waals surface area contributed by atoms with Gasteiger partial charge in [0.15, 0.2) is 0 Å². The largest absolute Gasteiger partial charge is 0.0775 e. The highest BCUT2D eigenvalue weighted by atomic mass is 29.3. The van der Waals surface area contributed by atoms with E-state index in [9.17, 15) is 0 Å². The molecule has 0 N–H and O–H groups in total. The number of hydrogen-bond donors (Lipinski definition) is 0. The maximum atomic E-state index is 2.59. The van der Waals surface area contributed by atoms with Crippen LogP contribution in [0.5, 0.6) is 0 Å². The zero-order valence-corrected chi connectivity index (χ0v) is 18.8. The van der Waals surface area contributed by atoms with Crippen molar-refractivity contribution >= 4 is 15.2 Å². The second-order valence-electron chi connectivity index (χ2n) is 10.5. The Morgan fingerprint density at radius 3 is 0.818 bits per heavy atom.